The van der Waals surface area contributed by atoms with Gasteiger partial charge in [-0.15, -0.1) is 4.40 Å². The number of benzene rings is 2. The second-order valence-corrected chi connectivity index (χ2v) is 9.80. The van der Waals surface area contributed by atoms with Crippen molar-refractivity contribution in [2.24, 2.45) is 4.40 Å². The third-order valence-corrected chi connectivity index (χ3v) is 7.18. The summed E-state index contributed by atoms with van der Waals surface area (Å²) in [6, 6.07) is 15.0. The van der Waals surface area contributed by atoms with Gasteiger partial charge in [0.25, 0.3) is 10.0 Å². The van der Waals surface area contributed by atoms with Crippen molar-refractivity contribution < 1.29 is 18.0 Å². The van der Waals surface area contributed by atoms with Crippen LogP contribution in [0.1, 0.15) is 13.3 Å². The molecule has 0 spiro atoms. The molecule has 0 aliphatic carbocycles. The molecule has 0 aromatic heterocycles. The molecule has 1 saturated heterocycles. The first-order chi connectivity index (χ1) is 13.8. The van der Waals surface area contributed by atoms with E-state index in [2.05, 4.69) is 25.6 Å². The van der Waals surface area contributed by atoms with E-state index >= 15 is 0 Å². The molecule has 1 aliphatic rings. The second kappa shape index (κ2) is 9.10. The number of para-hydroxylation sites is 1. The largest absolute Gasteiger partial charge is 0.326 e. The Hall–Kier alpha value is -2.17. The van der Waals surface area contributed by atoms with Gasteiger partial charge in [-0.1, -0.05) is 45.9 Å². The lowest BCUT2D eigenvalue weighted by Gasteiger charge is -2.13. The van der Waals surface area contributed by atoms with Gasteiger partial charge in [-0.25, -0.2) is 0 Å². The summed E-state index contributed by atoms with van der Waals surface area (Å²) in [5.74, 6) is -0.652. The third kappa shape index (κ3) is 5.26. The molecule has 0 radical (unpaired) electrons. The Kier molecular flexibility index (Phi) is 6.76. The van der Waals surface area contributed by atoms with E-state index in [0.717, 1.165) is 16.2 Å². The zero-order valence-corrected chi connectivity index (χ0v) is 18.6. The van der Waals surface area contributed by atoms with E-state index < -0.39 is 15.3 Å². The number of carbonyl (C=O) groups excluding carboxylic acids is 2. The molecular formula is C19H18BrN3O4S2. The summed E-state index contributed by atoms with van der Waals surface area (Å²) in [7, 11) is -3.98. The zero-order valence-electron chi connectivity index (χ0n) is 15.4. The van der Waals surface area contributed by atoms with E-state index in [-0.39, 0.29) is 34.8 Å². The van der Waals surface area contributed by atoms with Crippen LogP contribution in [0.5, 0.6) is 0 Å². The van der Waals surface area contributed by atoms with Crippen molar-refractivity contribution in [2.75, 3.05) is 11.9 Å². The quantitative estimate of drug-likeness (QED) is 0.661. The van der Waals surface area contributed by atoms with E-state index in [4.69, 9.17) is 0 Å². The van der Waals surface area contributed by atoms with Gasteiger partial charge in [0, 0.05) is 23.1 Å². The van der Waals surface area contributed by atoms with E-state index in [9.17, 15) is 18.0 Å². The zero-order chi connectivity index (χ0) is 21.0. The number of sulfonamides is 1. The van der Waals surface area contributed by atoms with Crippen LogP contribution in [0.2, 0.25) is 0 Å². The highest BCUT2D eigenvalue weighted by molar-refractivity contribution is 9.10. The molecule has 1 fully saturated rings. The van der Waals surface area contributed by atoms with Crippen LogP contribution in [0.4, 0.5) is 5.69 Å². The molecular weight excluding hydrogens is 478 g/mol. The summed E-state index contributed by atoms with van der Waals surface area (Å²) in [6.07, 6.45) is -0.0771. The minimum Gasteiger partial charge on any atom is -0.326 e. The molecule has 3 rings (SSSR count). The van der Waals surface area contributed by atoms with Gasteiger partial charge in [-0.2, -0.15) is 8.42 Å². The van der Waals surface area contributed by atoms with Crippen LogP contribution in [0.3, 0.4) is 0 Å². The SMILES string of the molecule is CCN1C(=O)C(CC(=O)Nc2ccccc2)SC1=NS(=O)(=O)c1ccc(Br)cc1. The summed E-state index contributed by atoms with van der Waals surface area (Å²) >= 11 is 4.25. The molecule has 1 atom stereocenters. The van der Waals surface area contributed by atoms with Gasteiger partial charge in [0.15, 0.2) is 5.17 Å². The Bertz CT molecular complexity index is 1040. The molecule has 152 valence electrons. The van der Waals surface area contributed by atoms with Crippen molar-refractivity contribution in [1.82, 2.24) is 4.90 Å². The van der Waals surface area contributed by atoms with E-state index in [0.29, 0.717) is 5.69 Å². The lowest BCUT2D eigenvalue weighted by atomic mass is 10.2. The Morgan fingerprint density at radius 3 is 2.45 bits per heavy atom. The van der Waals surface area contributed by atoms with Crippen molar-refractivity contribution >= 4 is 60.4 Å². The van der Waals surface area contributed by atoms with Crippen LogP contribution in [0.25, 0.3) is 0 Å². The van der Waals surface area contributed by atoms with E-state index in [1.165, 1.54) is 17.0 Å². The molecule has 10 heteroatoms. The summed E-state index contributed by atoms with van der Waals surface area (Å²) in [4.78, 5) is 26.3. The second-order valence-electron chi connectivity index (χ2n) is 6.11. The molecule has 1 heterocycles. The number of amidine groups is 1. The number of halogens is 1. The fourth-order valence-electron chi connectivity index (χ4n) is 2.66. The average molecular weight is 496 g/mol. The maximum atomic E-state index is 12.6. The van der Waals surface area contributed by atoms with Crippen molar-refractivity contribution in [3.8, 4) is 0 Å². The molecule has 2 aromatic rings. The lowest BCUT2D eigenvalue weighted by molar-refractivity contribution is -0.128. The highest BCUT2D eigenvalue weighted by atomic mass is 79.9. The standard InChI is InChI=1S/C19H18BrN3O4S2/c1-2-23-18(25)16(12-17(24)21-14-6-4-3-5-7-14)28-19(23)22-29(26,27)15-10-8-13(20)9-11-15/h3-11,16H,2,12H2,1H3,(H,21,24). The van der Waals surface area contributed by atoms with Crippen molar-refractivity contribution in [1.29, 1.82) is 0 Å². The first kappa shape index (κ1) is 21.5. The molecule has 0 saturated carbocycles. The van der Waals surface area contributed by atoms with Gasteiger partial charge in [0.2, 0.25) is 11.8 Å². The maximum absolute atomic E-state index is 12.6. The monoisotopic (exact) mass is 495 g/mol. The maximum Gasteiger partial charge on any atom is 0.284 e. The number of rotatable bonds is 6. The van der Waals surface area contributed by atoms with Gasteiger partial charge in [-0.05, 0) is 43.3 Å². The molecule has 1 N–H and O–H groups in total. The van der Waals surface area contributed by atoms with Crippen LogP contribution in [0.15, 0.2) is 68.4 Å². The Morgan fingerprint density at radius 1 is 1.17 bits per heavy atom. The van der Waals surface area contributed by atoms with Gasteiger partial charge in [0.1, 0.15) is 5.25 Å². The van der Waals surface area contributed by atoms with Gasteiger partial charge >= 0.3 is 0 Å². The van der Waals surface area contributed by atoms with Gasteiger partial charge in [0.05, 0.1) is 4.90 Å². The number of hydrogen-bond acceptors (Lipinski definition) is 5. The molecule has 1 unspecified atom stereocenters. The molecule has 2 aromatic carbocycles. The van der Waals surface area contributed by atoms with Crippen LogP contribution >= 0.6 is 27.7 Å². The normalized spacial score (nSPS) is 18.3. The summed E-state index contributed by atoms with van der Waals surface area (Å²) in [6.45, 7) is 1.99. The lowest BCUT2D eigenvalue weighted by Crippen LogP contribution is -2.33. The van der Waals surface area contributed by atoms with Gasteiger partial charge < -0.3 is 5.32 Å². The molecule has 7 nitrogen and oxygen atoms in total. The molecule has 2 amide bonds. The third-order valence-electron chi connectivity index (χ3n) is 4.07. The Balaban J connectivity index is 1.77. The van der Waals surface area contributed by atoms with E-state index in [1.807, 2.05) is 6.07 Å². The van der Waals surface area contributed by atoms with E-state index in [1.54, 1.807) is 43.3 Å². The summed E-state index contributed by atoms with van der Waals surface area (Å²) in [5.41, 5.74) is 0.631. The number of anilines is 1. The smallest absolute Gasteiger partial charge is 0.284 e. The molecule has 0 bridgehead atoms. The fraction of sp³-hybridized carbons (Fsp3) is 0.211. The van der Waals surface area contributed by atoms with Crippen molar-refractivity contribution in [3.05, 3.63) is 59.1 Å². The number of nitrogens with zero attached hydrogens (tertiary/aromatic N) is 2. The fourth-order valence-corrected chi connectivity index (χ4v) is 5.35. The first-order valence-corrected chi connectivity index (χ1v) is 11.8. The Labute approximate surface area is 181 Å². The number of hydrogen-bond donors (Lipinski definition) is 1. The van der Waals surface area contributed by atoms with Crippen LogP contribution in [-0.2, 0) is 19.6 Å². The van der Waals surface area contributed by atoms with Crippen LogP contribution in [-0.4, -0.2) is 42.1 Å². The summed E-state index contributed by atoms with van der Waals surface area (Å²) < 4.78 is 29.8. The van der Waals surface area contributed by atoms with Gasteiger partial charge in [-0.3, -0.25) is 14.5 Å². The Morgan fingerprint density at radius 2 is 1.83 bits per heavy atom. The predicted octanol–water partition coefficient (Wildman–Crippen LogP) is 3.49. The molecule has 29 heavy (non-hydrogen) atoms. The highest BCUT2D eigenvalue weighted by Crippen LogP contribution is 2.31. The highest BCUT2D eigenvalue weighted by Gasteiger charge is 2.39. The minimum atomic E-state index is -3.98. The minimum absolute atomic E-state index is 0.0302. The number of thioether (sulfide) groups is 1. The van der Waals surface area contributed by atoms with Crippen LogP contribution < -0.4 is 5.32 Å². The average Bonchev–Trinajstić information content (AvgIpc) is 2.96. The summed E-state index contributed by atoms with van der Waals surface area (Å²) in [5, 5.41) is 2.09. The number of amides is 2. The van der Waals surface area contributed by atoms with Crippen LogP contribution in [0, 0.1) is 0 Å². The number of carbonyl (C=O) groups is 2. The van der Waals surface area contributed by atoms with Crippen molar-refractivity contribution in [2.45, 2.75) is 23.5 Å². The topological polar surface area (TPSA) is 95.9 Å². The van der Waals surface area contributed by atoms with Crippen molar-refractivity contribution in [3.63, 3.8) is 0 Å². The predicted molar refractivity (Wildman–Crippen MR) is 117 cm³/mol. The molecule has 1 aliphatic heterocycles. The first-order valence-electron chi connectivity index (χ1n) is 8.73. The number of nitrogens with one attached hydrogen (secondary N) is 1.